The van der Waals surface area contributed by atoms with Crippen molar-refractivity contribution in [1.29, 1.82) is 0 Å². The minimum Gasteiger partial charge on any atom is -0.371 e. The predicted molar refractivity (Wildman–Crippen MR) is 128 cm³/mol. The molecule has 0 spiro atoms. The van der Waals surface area contributed by atoms with E-state index < -0.39 is 29.7 Å². The summed E-state index contributed by atoms with van der Waals surface area (Å²) in [5.74, 6) is -2.80. The molecule has 0 aromatic heterocycles. The average molecular weight is 490 g/mol. The lowest BCUT2D eigenvalue weighted by atomic mass is 10.0. The maximum atomic E-state index is 13.5. The van der Waals surface area contributed by atoms with E-state index in [-0.39, 0.29) is 42.7 Å². The molecule has 190 valence electrons. The number of halogens is 2. The number of rotatable bonds is 7. The molecule has 0 saturated carbocycles. The van der Waals surface area contributed by atoms with Gasteiger partial charge in [0.15, 0.2) is 5.78 Å². The number of carbonyl (C=O) groups is 3. The van der Waals surface area contributed by atoms with E-state index in [2.05, 4.69) is 11.9 Å². The molecule has 2 bridgehead atoms. The van der Waals surface area contributed by atoms with E-state index in [1.54, 1.807) is 22.8 Å². The van der Waals surface area contributed by atoms with Crippen molar-refractivity contribution in [2.75, 3.05) is 26.2 Å². The quantitative estimate of drug-likeness (QED) is 0.438. The van der Waals surface area contributed by atoms with Crippen molar-refractivity contribution >= 4 is 17.6 Å². The van der Waals surface area contributed by atoms with Gasteiger partial charge in [-0.2, -0.15) is 0 Å². The Morgan fingerprint density at radius 3 is 2.77 bits per heavy atom. The first-order valence-corrected chi connectivity index (χ1v) is 12.0. The molecule has 0 aromatic carbocycles. The SMILES string of the molecule is C=C(F)C/C(=C\C=C(\F)CC)CNC(=O)/C1=C/N2CC(C=CC1=O)C(=O)N1C(C2)OCCC[C@H]1C. The zero-order valence-electron chi connectivity index (χ0n) is 20.3. The zero-order valence-corrected chi connectivity index (χ0v) is 20.3. The number of hydrogen-bond acceptors (Lipinski definition) is 5. The highest BCUT2D eigenvalue weighted by atomic mass is 19.1. The number of nitrogens with zero attached hydrogens (tertiary/aromatic N) is 2. The average Bonchev–Trinajstić information content (AvgIpc) is 3.07. The van der Waals surface area contributed by atoms with Crippen molar-refractivity contribution in [1.82, 2.24) is 15.1 Å². The van der Waals surface area contributed by atoms with Gasteiger partial charge in [0.25, 0.3) is 5.91 Å². The summed E-state index contributed by atoms with van der Waals surface area (Å²) >= 11 is 0. The number of allylic oxidation sites excluding steroid dienone is 5. The van der Waals surface area contributed by atoms with Crippen LogP contribution in [0.25, 0.3) is 0 Å². The van der Waals surface area contributed by atoms with Gasteiger partial charge in [0, 0.05) is 38.4 Å². The summed E-state index contributed by atoms with van der Waals surface area (Å²) in [4.78, 5) is 42.5. The number of ether oxygens (including phenoxy) is 1. The van der Waals surface area contributed by atoms with Gasteiger partial charge in [-0.3, -0.25) is 14.4 Å². The molecule has 3 aliphatic heterocycles. The Balaban J connectivity index is 1.80. The molecular formula is C26H33F2N3O4. The monoisotopic (exact) mass is 489 g/mol. The number of amides is 2. The number of ketones is 1. The zero-order chi connectivity index (χ0) is 25.5. The van der Waals surface area contributed by atoms with E-state index in [0.29, 0.717) is 25.3 Å². The van der Waals surface area contributed by atoms with Crippen molar-refractivity contribution in [3.8, 4) is 0 Å². The molecule has 3 aliphatic rings. The fourth-order valence-electron chi connectivity index (χ4n) is 4.40. The van der Waals surface area contributed by atoms with Gasteiger partial charge in [0.05, 0.1) is 24.1 Å². The predicted octanol–water partition coefficient (Wildman–Crippen LogP) is 3.47. The van der Waals surface area contributed by atoms with Crippen molar-refractivity contribution in [3.05, 3.63) is 59.9 Å². The molecule has 3 atom stereocenters. The first-order valence-electron chi connectivity index (χ1n) is 12.0. The van der Waals surface area contributed by atoms with Gasteiger partial charge >= 0.3 is 0 Å². The second-order valence-corrected chi connectivity index (χ2v) is 9.06. The van der Waals surface area contributed by atoms with E-state index in [1.807, 2.05) is 6.92 Å². The highest BCUT2D eigenvalue weighted by Gasteiger charge is 2.39. The third-order valence-electron chi connectivity index (χ3n) is 6.29. The van der Waals surface area contributed by atoms with E-state index >= 15 is 0 Å². The van der Waals surface area contributed by atoms with Gasteiger partial charge in [-0.1, -0.05) is 25.7 Å². The van der Waals surface area contributed by atoms with Crippen LogP contribution in [0.15, 0.2) is 59.9 Å². The van der Waals surface area contributed by atoms with Gasteiger partial charge in [-0.05, 0) is 43.9 Å². The normalized spacial score (nSPS) is 27.2. The number of nitrogens with one attached hydrogen (secondary N) is 1. The Hall–Kier alpha value is -3.07. The summed E-state index contributed by atoms with van der Waals surface area (Å²) in [6.45, 7) is 7.97. The van der Waals surface area contributed by atoms with Crippen LogP contribution in [0.1, 0.15) is 39.5 Å². The highest BCUT2D eigenvalue weighted by Crippen LogP contribution is 2.26. The molecule has 2 unspecified atom stereocenters. The van der Waals surface area contributed by atoms with Crippen LogP contribution in [0.3, 0.4) is 0 Å². The van der Waals surface area contributed by atoms with E-state index in [1.165, 1.54) is 24.4 Å². The lowest BCUT2D eigenvalue weighted by molar-refractivity contribution is -0.148. The summed E-state index contributed by atoms with van der Waals surface area (Å²) < 4.78 is 32.9. The van der Waals surface area contributed by atoms with Crippen LogP contribution < -0.4 is 5.32 Å². The summed E-state index contributed by atoms with van der Waals surface area (Å²) in [5, 5.41) is 2.62. The van der Waals surface area contributed by atoms with Crippen molar-refractivity contribution in [3.63, 3.8) is 0 Å². The highest BCUT2D eigenvalue weighted by molar-refractivity contribution is 6.23. The van der Waals surface area contributed by atoms with Crippen molar-refractivity contribution in [2.24, 2.45) is 5.92 Å². The van der Waals surface area contributed by atoms with Crippen LogP contribution in [0.2, 0.25) is 0 Å². The molecule has 9 heteroatoms. The van der Waals surface area contributed by atoms with Crippen LogP contribution in [0, 0.1) is 5.92 Å². The van der Waals surface area contributed by atoms with Crippen LogP contribution >= 0.6 is 0 Å². The molecule has 2 saturated heterocycles. The maximum Gasteiger partial charge on any atom is 0.256 e. The van der Waals surface area contributed by atoms with Gasteiger partial charge in [0.2, 0.25) is 5.91 Å². The van der Waals surface area contributed by atoms with Crippen LogP contribution in [-0.4, -0.2) is 65.9 Å². The molecule has 2 fully saturated rings. The number of fused-ring (bicyclic) bond motifs is 3. The van der Waals surface area contributed by atoms with E-state index in [0.717, 1.165) is 12.8 Å². The molecule has 7 nitrogen and oxygen atoms in total. The van der Waals surface area contributed by atoms with Gasteiger partial charge in [-0.25, -0.2) is 8.78 Å². The molecule has 0 aromatic rings. The largest absolute Gasteiger partial charge is 0.371 e. The third kappa shape index (κ3) is 6.97. The van der Waals surface area contributed by atoms with Gasteiger partial charge < -0.3 is 19.9 Å². The minimum atomic E-state index is -0.643. The first-order chi connectivity index (χ1) is 16.7. The Bertz CT molecular complexity index is 985. The molecule has 3 rings (SSSR count). The van der Waals surface area contributed by atoms with Gasteiger partial charge in [0.1, 0.15) is 11.8 Å². The number of hydrogen-bond donors (Lipinski definition) is 1. The molecule has 3 heterocycles. The summed E-state index contributed by atoms with van der Waals surface area (Å²) in [5.41, 5.74) is 0.303. The lowest BCUT2D eigenvalue weighted by Crippen LogP contribution is -2.48. The first kappa shape index (κ1) is 26.5. The molecule has 0 aliphatic carbocycles. The van der Waals surface area contributed by atoms with E-state index in [4.69, 9.17) is 4.74 Å². The van der Waals surface area contributed by atoms with Crippen LogP contribution in [-0.2, 0) is 19.1 Å². The minimum absolute atomic E-state index is 0.0103. The smallest absolute Gasteiger partial charge is 0.256 e. The fraction of sp³-hybridized carbons (Fsp3) is 0.500. The summed E-state index contributed by atoms with van der Waals surface area (Å²) in [6.07, 6.45) is 8.15. The molecular weight excluding hydrogens is 456 g/mol. The van der Waals surface area contributed by atoms with Gasteiger partial charge in [-0.15, -0.1) is 0 Å². The Morgan fingerprint density at radius 1 is 1.29 bits per heavy atom. The Labute approximate surface area is 204 Å². The Morgan fingerprint density at radius 2 is 2.06 bits per heavy atom. The fourth-order valence-corrected chi connectivity index (χ4v) is 4.40. The maximum absolute atomic E-state index is 13.5. The summed E-state index contributed by atoms with van der Waals surface area (Å²) in [7, 11) is 0. The van der Waals surface area contributed by atoms with Crippen LogP contribution in [0.4, 0.5) is 8.78 Å². The lowest BCUT2D eigenvalue weighted by Gasteiger charge is -2.33. The summed E-state index contributed by atoms with van der Waals surface area (Å²) in [6, 6.07) is 0.0103. The van der Waals surface area contributed by atoms with Crippen molar-refractivity contribution < 1.29 is 27.9 Å². The number of carbonyl (C=O) groups excluding carboxylic acids is 3. The second-order valence-electron chi connectivity index (χ2n) is 9.06. The molecule has 1 N–H and O–H groups in total. The van der Waals surface area contributed by atoms with Crippen LogP contribution in [0.5, 0.6) is 0 Å². The third-order valence-corrected chi connectivity index (χ3v) is 6.29. The molecule has 0 radical (unpaired) electrons. The Kier molecular flexibility index (Phi) is 9.14. The topological polar surface area (TPSA) is 79.0 Å². The standard InChI is InChI=1S/C26H33F2N3O4/c1-4-21(28)9-7-19(12-17(2)27)13-29-25(33)22-15-30-14-20(8-10-23(22)32)26(34)31-18(3)6-5-11-35-24(31)16-30/h7-10,15,18,20,24H,2,4-6,11-14,16H2,1,3H3,(H,29,33)/b10-8?,19-7+,21-9+,22-15+/t18-,20?,24?/m1/s1. The van der Waals surface area contributed by atoms with Crippen molar-refractivity contribution in [2.45, 2.75) is 51.8 Å². The van der Waals surface area contributed by atoms with E-state index in [9.17, 15) is 23.2 Å². The second kappa shape index (κ2) is 12.1. The molecule has 35 heavy (non-hydrogen) atoms. The molecule has 2 amide bonds.